The van der Waals surface area contributed by atoms with Crippen molar-refractivity contribution < 1.29 is 29.6 Å². The Bertz CT molecular complexity index is 274. The number of hydrogen-bond donors (Lipinski definition) is 0. The summed E-state index contributed by atoms with van der Waals surface area (Å²) in [7, 11) is 0. The van der Waals surface area contributed by atoms with Crippen molar-refractivity contribution in [1.29, 1.82) is 0 Å². The van der Waals surface area contributed by atoms with E-state index in [4.69, 9.17) is 22.1 Å². The second-order valence-corrected chi connectivity index (χ2v) is 4.38. The molecule has 0 aliphatic heterocycles. The van der Waals surface area contributed by atoms with E-state index in [1.165, 1.54) is 17.8 Å². The summed E-state index contributed by atoms with van der Waals surface area (Å²) in [5, 5.41) is 8.91. The molecule has 0 bridgehead atoms. The fraction of sp³-hybridized carbons (Fsp3) is 1.00. The van der Waals surface area contributed by atoms with E-state index in [0.29, 0.717) is 13.1 Å². The van der Waals surface area contributed by atoms with Crippen LogP contribution in [0.4, 0.5) is 0 Å². The molecule has 0 saturated carbocycles. The quantitative estimate of drug-likeness (QED) is 0.136. The fourth-order valence-corrected chi connectivity index (χ4v) is 1.44. The van der Waals surface area contributed by atoms with Crippen LogP contribution in [0.25, 0.3) is 36.9 Å². The third kappa shape index (κ3) is 65.1. The van der Waals surface area contributed by atoms with Crippen LogP contribution in [0.2, 0.25) is 0 Å². The maximum Gasteiger partial charge on any atom is 1.00 e. The van der Waals surface area contributed by atoms with Gasteiger partial charge in [0, 0.05) is 33.6 Å². The van der Waals surface area contributed by atoms with E-state index in [1.54, 1.807) is 0 Å². The van der Waals surface area contributed by atoms with E-state index < -0.39 is 0 Å². The van der Waals surface area contributed by atoms with Crippen LogP contribution in [-0.4, -0.2) is 23.7 Å². The normalized spacial score (nSPS) is 6.57. The first kappa shape index (κ1) is 32.7. The molecule has 0 radical (unpaired) electrons. The van der Waals surface area contributed by atoms with E-state index in [2.05, 4.69) is 51.9 Å². The van der Waals surface area contributed by atoms with Gasteiger partial charge in [0.1, 0.15) is 0 Å². The number of hydrogen-bond acceptors (Lipinski definition) is 2. The van der Waals surface area contributed by atoms with E-state index in [0.717, 1.165) is 23.5 Å². The van der Waals surface area contributed by atoms with Gasteiger partial charge < -0.3 is 11.1 Å². The van der Waals surface area contributed by atoms with Gasteiger partial charge in [0.05, 0.1) is 0 Å². The molecule has 0 spiro atoms. The molecule has 0 aromatic heterocycles. The molecule has 0 aliphatic carbocycles. The molecule has 0 atom stereocenters. The average Bonchev–Trinajstić information content (AvgIpc) is 2.42. The van der Waals surface area contributed by atoms with Crippen LogP contribution in [-0.2, 0) is 0 Å². The molecular formula is C9H20Br2N9Na. The molecule has 0 aliphatic rings. The summed E-state index contributed by atoms with van der Waals surface area (Å²) >= 11 is 6.66. The van der Waals surface area contributed by atoms with Crippen LogP contribution in [0.3, 0.4) is 0 Å². The maximum absolute atomic E-state index is 7.85. The Hall–Kier alpha value is -0.110. The van der Waals surface area contributed by atoms with Gasteiger partial charge in [0.2, 0.25) is 0 Å². The molecule has 0 saturated heterocycles. The third-order valence-electron chi connectivity index (χ3n) is 1.41. The summed E-state index contributed by atoms with van der Waals surface area (Å²) in [5.41, 5.74) is 29.2. The molecule has 12 heteroatoms. The molecule has 0 N–H and O–H groups in total. The van der Waals surface area contributed by atoms with Crippen molar-refractivity contribution in [2.75, 3.05) is 23.7 Å². The van der Waals surface area contributed by atoms with Crippen LogP contribution in [0.1, 0.15) is 33.1 Å². The summed E-state index contributed by atoms with van der Waals surface area (Å²) in [4.78, 5) is 6.65. The zero-order valence-electron chi connectivity index (χ0n) is 11.4. The Morgan fingerprint density at radius 3 is 1.19 bits per heavy atom. The van der Waals surface area contributed by atoms with Crippen molar-refractivity contribution in [2.45, 2.75) is 33.1 Å². The van der Waals surface area contributed by atoms with Gasteiger partial charge >= 0.3 is 29.6 Å². The van der Waals surface area contributed by atoms with Crippen molar-refractivity contribution in [1.82, 2.24) is 0 Å². The average molecular weight is 437 g/mol. The zero-order valence-corrected chi connectivity index (χ0v) is 16.6. The van der Waals surface area contributed by atoms with Gasteiger partial charge in [0.15, 0.2) is 0 Å². The van der Waals surface area contributed by atoms with Crippen molar-refractivity contribution in [3.8, 4) is 0 Å². The molecular weight excluding hydrogens is 417 g/mol. The number of nitrogens with zero attached hydrogens (tertiary/aromatic N) is 9. The summed E-state index contributed by atoms with van der Waals surface area (Å²) < 4.78 is 0. The maximum atomic E-state index is 7.85. The number of azide groups is 2. The van der Waals surface area contributed by atoms with Crippen LogP contribution in [0.15, 0.2) is 10.2 Å². The Balaban J connectivity index is -0.0000000673. The van der Waals surface area contributed by atoms with Gasteiger partial charge in [-0.2, -0.15) is 0 Å². The van der Waals surface area contributed by atoms with Crippen molar-refractivity contribution in [3.63, 3.8) is 0 Å². The second kappa shape index (κ2) is 42.7. The standard InChI is InChI=1S/C4H8Br2.C4H8N6.CH4.N3.Na/c5-3-1-2-4-6;5-9-7-3-1-2-4-8-10-6;;1-3-2;/h1-4H2;1-4H2;1H4;;/q;;;-1;+1. The third-order valence-corrected chi connectivity index (χ3v) is 2.53. The fourth-order valence-electron chi connectivity index (χ4n) is 0.643. The first-order valence-corrected chi connectivity index (χ1v) is 7.61. The van der Waals surface area contributed by atoms with Crippen molar-refractivity contribution in [2.24, 2.45) is 10.2 Å². The summed E-state index contributed by atoms with van der Waals surface area (Å²) in [5.74, 6) is 0. The number of halogens is 2. The molecule has 0 heterocycles. The van der Waals surface area contributed by atoms with Gasteiger partial charge in [-0.25, -0.2) is 0 Å². The van der Waals surface area contributed by atoms with Crippen molar-refractivity contribution >= 4 is 31.9 Å². The van der Waals surface area contributed by atoms with Gasteiger partial charge in [-0.15, -0.1) is 0 Å². The van der Waals surface area contributed by atoms with E-state index >= 15 is 0 Å². The predicted octanol–water partition coefficient (Wildman–Crippen LogP) is 3.45. The van der Waals surface area contributed by atoms with Crippen LogP contribution >= 0.6 is 31.9 Å². The molecule has 0 amide bonds. The largest absolute Gasteiger partial charge is 1.00 e. The minimum Gasteiger partial charge on any atom is -0.373 e. The summed E-state index contributed by atoms with van der Waals surface area (Å²) in [6, 6.07) is 0. The molecule has 0 aromatic carbocycles. The van der Waals surface area contributed by atoms with E-state index in [1.807, 2.05) is 0 Å². The molecule has 9 nitrogen and oxygen atoms in total. The number of alkyl halides is 2. The molecule has 21 heavy (non-hydrogen) atoms. The first-order chi connectivity index (χ1) is 9.24. The first-order valence-electron chi connectivity index (χ1n) is 5.37. The second-order valence-electron chi connectivity index (χ2n) is 2.79. The Labute approximate surface area is 164 Å². The molecule has 116 valence electrons. The molecule has 0 rings (SSSR count). The van der Waals surface area contributed by atoms with Crippen LogP contribution in [0.5, 0.6) is 0 Å². The predicted molar refractivity (Wildman–Crippen MR) is 90.9 cm³/mol. The number of unbranched alkanes of at least 4 members (excludes halogenated alkanes) is 2. The van der Waals surface area contributed by atoms with Gasteiger partial charge in [0.25, 0.3) is 0 Å². The molecule has 0 aromatic rings. The van der Waals surface area contributed by atoms with E-state index in [9.17, 15) is 0 Å². The minimum atomic E-state index is 0. The van der Waals surface area contributed by atoms with Crippen LogP contribution in [0, 0.1) is 0 Å². The summed E-state index contributed by atoms with van der Waals surface area (Å²) in [6.45, 7) is 0.967. The summed E-state index contributed by atoms with van der Waals surface area (Å²) in [6.07, 6.45) is 4.13. The van der Waals surface area contributed by atoms with Gasteiger partial charge in [-0.1, -0.05) is 49.5 Å². The molecule has 0 fully saturated rings. The monoisotopic (exact) mass is 435 g/mol. The SMILES string of the molecule is BrCCCCBr.C.[N-]=[N+]=NCCCCN=[N+]=[N-].[N-]=[N+]=[N-].[Na+]. The zero-order chi connectivity index (χ0) is 15.2. The Morgan fingerprint density at radius 1 is 0.714 bits per heavy atom. The topological polar surface area (TPSA) is 156 Å². The smallest absolute Gasteiger partial charge is 0.373 e. The Morgan fingerprint density at radius 2 is 1.00 bits per heavy atom. The van der Waals surface area contributed by atoms with Gasteiger partial charge in [-0.05, 0) is 36.7 Å². The van der Waals surface area contributed by atoms with Crippen LogP contribution < -0.4 is 29.6 Å². The Kier molecular flexibility index (Phi) is 66.6. The minimum absolute atomic E-state index is 0. The van der Waals surface area contributed by atoms with Gasteiger partial charge in [-0.3, -0.25) is 4.91 Å². The number of rotatable bonds is 8. The van der Waals surface area contributed by atoms with Crippen molar-refractivity contribution in [3.05, 3.63) is 36.9 Å². The van der Waals surface area contributed by atoms with E-state index in [-0.39, 0.29) is 37.0 Å². The molecule has 0 unspecified atom stereocenters.